The maximum Gasteiger partial charge on any atom is 0.337 e. The van der Waals surface area contributed by atoms with Crippen LogP contribution in [-0.2, 0) is 25.6 Å². The molecule has 1 aromatic rings. The maximum absolute atomic E-state index is 11.3. The van der Waals surface area contributed by atoms with Gasteiger partial charge in [-0.1, -0.05) is 12.1 Å². The molecule has 112 valence electrons. The Labute approximate surface area is 119 Å². The van der Waals surface area contributed by atoms with Crippen molar-refractivity contribution in [3.8, 4) is 0 Å². The predicted molar refractivity (Wildman–Crippen MR) is 74.7 cm³/mol. The minimum absolute atomic E-state index is 0.328. The van der Waals surface area contributed by atoms with E-state index in [1.165, 1.54) is 7.11 Å². The highest BCUT2D eigenvalue weighted by Crippen LogP contribution is 2.07. The van der Waals surface area contributed by atoms with Gasteiger partial charge in [0, 0.05) is 20.3 Å². The van der Waals surface area contributed by atoms with E-state index in [0.29, 0.717) is 38.6 Å². The van der Waals surface area contributed by atoms with Gasteiger partial charge in [0.05, 0.1) is 32.5 Å². The predicted octanol–water partition coefficient (Wildman–Crippen LogP) is 2.04. The molecule has 0 N–H and O–H groups in total. The van der Waals surface area contributed by atoms with Gasteiger partial charge in [0.15, 0.2) is 0 Å². The van der Waals surface area contributed by atoms with Crippen LogP contribution in [0, 0.1) is 0 Å². The van der Waals surface area contributed by atoms with Crippen molar-refractivity contribution in [3.05, 3.63) is 35.4 Å². The Morgan fingerprint density at radius 2 is 1.65 bits per heavy atom. The molecule has 0 bridgehead atoms. The van der Waals surface area contributed by atoms with Gasteiger partial charge in [0.25, 0.3) is 0 Å². The zero-order chi connectivity index (χ0) is 14.6. The first-order valence-electron chi connectivity index (χ1n) is 6.59. The van der Waals surface area contributed by atoms with Crippen LogP contribution in [0.1, 0.15) is 22.3 Å². The van der Waals surface area contributed by atoms with Crippen LogP contribution in [-0.4, -0.2) is 46.6 Å². The molecule has 0 unspecified atom stereocenters. The lowest BCUT2D eigenvalue weighted by atomic mass is 10.1. The second kappa shape index (κ2) is 10.4. The van der Waals surface area contributed by atoms with Crippen molar-refractivity contribution in [1.82, 2.24) is 0 Å². The number of benzene rings is 1. The SMILES string of the molecule is COCCOCCCOCc1ccc(C(=O)OC)cc1. The molecule has 0 fully saturated rings. The van der Waals surface area contributed by atoms with Gasteiger partial charge in [-0.2, -0.15) is 0 Å². The average molecular weight is 282 g/mol. The van der Waals surface area contributed by atoms with Crippen LogP contribution in [0.4, 0.5) is 0 Å². The van der Waals surface area contributed by atoms with E-state index in [1.807, 2.05) is 12.1 Å². The van der Waals surface area contributed by atoms with E-state index in [0.717, 1.165) is 12.0 Å². The molecule has 0 saturated heterocycles. The molecule has 0 spiro atoms. The number of hydrogen-bond donors (Lipinski definition) is 0. The van der Waals surface area contributed by atoms with Crippen molar-refractivity contribution in [1.29, 1.82) is 0 Å². The third-order valence-corrected chi connectivity index (χ3v) is 2.65. The average Bonchev–Trinajstić information content (AvgIpc) is 2.50. The molecule has 0 amide bonds. The zero-order valence-corrected chi connectivity index (χ0v) is 12.1. The van der Waals surface area contributed by atoms with Gasteiger partial charge in [-0.05, 0) is 24.1 Å². The fraction of sp³-hybridized carbons (Fsp3) is 0.533. The van der Waals surface area contributed by atoms with Crippen LogP contribution < -0.4 is 0 Å². The molecule has 20 heavy (non-hydrogen) atoms. The molecule has 0 aliphatic heterocycles. The molecule has 1 aromatic carbocycles. The fourth-order valence-electron chi connectivity index (χ4n) is 1.55. The Morgan fingerprint density at radius 1 is 0.950 bits per heavy atom. The van der Waals surface area contributed by atoms with E-state index in [4.69, 9.17) is 14.2 Å². The van der Waals surface area contributed by atoms with Crippen molar-refractivity contribution < 1.29 is 23.7 Å². The van der Waals surface area contributed by atoms with Crippen molar-refractivity contribution >= 4 is 5.97 Å². The lowest BCUT2D eigenvalue weighted by Gasteiger charge is -2.06. The van der Waals surface area contributed by atoms with E-state index >= 15 is 0 Å². The standard InChI is InChI=1S/C15H22O5/c1-17-10-11-19-8-3-9-20-12-13-4-6-14(7-5-13)15(16)18-2/h4-7H,3,8-12H2,1-2H3. The van der Waals surface area contributed by atoms with Crippen LogP contribution in [0.2, 0.25) is 0 Å². The molecule has 5 nitrogen and oxygen atoms in total. The number of methoxy groups -OCH3 is 2. The number of carbonyl (C=O) groups is 1. The molecule has 0 aliphatic carbocycles. The first-order chi connectivity index (χ1) is 9.77. The van der Waals surface area contributed by atoms with Gasteiger partial charge in [-0.3, -0.25) is 0 Å². The summed E-state index contributed by atoms with van der Waals surface area (Å²) in [4.78, 5) is 11.3. The zero-order valence-electron chi connectivity index (χ0n) is 12.1. The first-order valence-corrected chi connectivity index (χ1v) is 6.59. The van der Waals surface area contributed by atoms with Gasteiger partial charge in [0.2, 0.25) is 0 Å². The van der Waals surface area contributed by atoms with Gasteiger partial charge in [-0.15, -0.1) is 0 Å². The maximum atomic E-state index is 11.3. The number of hydrogen-bond acceptors (Lipinski definition) is 5. The lowest BCUT2D eigenvalue weighted by molar-refractivity contribution is 0.0483. The van der Waals surface area contributed by atoms with Crippen LogP contribution in [0.25, 0.3) is 0 Å². The Balaban J connectivity index is 2.11. The molecular weight excluding hydrogens is 260 g/mol. The molecule has 0 heterocycles. The minimum Gasteiger partial charge on any atom is -0.465 e. The third-order valence-electron chi connectivity index (χ3n) is 2.65. The summed E-state index contributed by atoms with van der Waals surface area (Å²) in [6, 6.07) is 7.19. The van der Waals surface area contributed by atoms with E-state index < -0.39 is 0 Å². The summed E-state index contributed by atoms with van der Waals surface area (Å²) in [7, 11) is 3.02. The van der Waals surface area contributed by atoms with E-state index in [2.05, 4.69) is 4.74 Å². The molecule has 0 atom stereocenters. The Hall–Kier alpha value is -1.43. The van der Waals surface area contributed by atoms with E-state index in [-0.39, 0.29) is 5.97 Å². The molecule has 0 aromatic heterocycles. The van der Waals surface area contributed by atoms with Gasteiger partial charge < -0.3 is 18.9 Å². The summed E-state index contributed by atoms with van der Waals surface area (Å²) in [5.41, 5.74) is 1.57. The molecule has 0 aliphatic rings. The van der Waals surface area contributed by atoms with Crippen LogP contribution in [0.15, 0.2) is 24.3 Å². The number of ether oxygens (including phenoxy) is 4. The number of esters is 1. The Morgan fingerprint density at radius 3 is 2.30 bits per heavy atom. The van der Waals surface area contributed by atoms with Crippen molar-refractivity contribution in [2.45, 2.75) is 13.0 Å². The summed E-state index contributed by atoms with van der Waals surface area (Å²) in [5.74, 6) is -0.328. The molecule has 5 heteroatoms. The quantitative estimate of drug-likeness (QED) is 0.485. The second-order valence-corrected chi connectivity index (χ2v) is 4.20. The highest BCUT2D eigenvalue weighted by molar-refractivity contribution is 5.89. The van der Waals surface area contributed by atoms with E-state index in [1.54, 1.807) is 19.2 Å². The smallest absolute Gasteiger partial charge is 0.337 e. The monoisotopic (exact) mass is 282 g/mol. The van der Waals surface area contributed by atoms with Crippen LogP contribution in [0.3, 0.4) is 0 Å². The highest BCUT2D eigenvalue weighted by Gasteiger charge is 2.04. The third kappa shape index (κ3) is 6.65. The second-order valence-electron chi connectivity index (χ2n) is 4.20. The van der Waals surface area contributed by atoms with Crippen molar-refractivity contribution in [3.63, 3.8) is 0 Å². The first kappa shape index (κ1) is 16.6. The Bertz CT molecular complexity index is 374. The van der Waals surface area contributed by atoms with Gasteiger partial charge in [0.1, 0.15) is 0 Å². The summed E-state index contributed by atoms with van der Waals surface area (Å²) < 4.78 is 20.4. The van der Waals surface area contributed by atoms with Crippen LogP contribution >= 0.6 is 0 Å². The Kier molecular flexibility index (Phi) is 8.62. The minimum atomic E-state index is -0.328. The van der Waals surface area contributed by atoms with Crippen molar-refractivity contribution in [2.75, 3.05) is 40.6 Å². The number of carbonyl (C=O) groups excluding carboxylic acids is 1. The summed E-state index contributed by atoms with van der Waals surface area (Å²) in [6.45, 7) is 3.08. The number of rotatable bonds is 10. The molecule has 0 saturated carbocycles. The van der Waals surface area contributed by atoms with Gasteiger partial charge in [-0.25, -0.2) is 4.79 Å². The topological polar surface area (TPSA) is 54.0 Å². The molecular formula is C15H22O5. The normalized spacial score (nSPS) is 10.5. The molecule has 0 radical (unpaired) electrons. The molecule has 1 rings (SSSR count). The van der Waals surface area contributed by atoms with Gasteiger partial charge >= 0.3 is 5.97 Å². The summed E-state index contributed by atoms with van der Waals surface area (Å²) in [5, 5.41) is 0. The summed E-state index contributed by atoms with van der Waals surface area (Å²) in [6.07, 6.45) is 0.851. The lowest BCUT2D eigenvalue weighted by Crippen LogP contribution is -2.06. The van der Waals surface area contributed by atoms with Crippen LogP contribution in [0.5, 0.6) is 0 Å². The van der Waals surface area contributed by atoms with Crippen molar-refractivity contribution in [2.24, 2.45) is 0 Å². The highest BCUT2D eigenvalue weighted by atomic mass is 16.5. The summed E-state index contributed by atoms with van der Waals surface area (Å²) >= 11 is 0. The fourth-order valence-corrected chi connectivity index (χ4v) is 1.55. The largest absolute Gasteiger partial charge is 0.465 e. The van der Waals surface area contributed by atoms with E-state index in [9.17, 15) is 4.79 Å².